The lowest BCUT2D eigenvalue weighted by atomic mass is 10.3. The third kappa shape index (κ3) is 1.96. The fourth-order valence-electron chi connectivity index (χ4n) is 1.09. The predicted octanol–water partition coefficient (Wildman–Crippen LogP) is 2.79. The average molecular weight is 214 g/mol. The maximum Gasteiger partial charge on any atom is 0.288 e. The van der Waals surface area contributed by atoms with Crippen molar-refractivity contribution in [2.24, 2.45) is 0 Å². The Balaban J connectivity index is 2.20. The molecule has 1 aromatic rings. The topological polar surface area (TPSA) is 52.4 Å². The molecule has 4 nitrogen and oxygen atoms in total. The van der Waals surface area contributed by atoms with Crippen LogP contribution in [0.2, 0.25) is 5.02 Å². The highest BCUT2D eigenvalue weighted by molar-refractivity contribution is 6.32. The zero-order chi connectivity index (χ0) is 10.1. The van der Waals surface area contributed by atoms with Crippen LogP contribution in [0.5, 0.6) is 5.75 Å². The summed E-state index contributed by atoms with van der Waals surface area (Å²) in [6.45, 7) is 0. The summed E-state index contributed by atoms with van der Waals surface area (Å²) in [5.74, 6) is 0.600. The molecule has 0 N–H and O–H groups in total. The number of nitro benzene ring substituents is 1. The summed E-state index contributed by atoms with van der Waals surface area (Å²) < 4.78 is 5.43. The summed E-state index contributed by atoms with van der Waals surface area (Å²) in [6, 6.07) is 4.42. The highest BCUT2D eigenvalue weighted by Crippen LogP contribution is 2.32. The van der Waals surface area contributed by atoms with Crippen LogP contribution >= 0.6 is 11.6 Å². The Bertz CT molecular complexity index is 376. The molecule has 0 aromatic heterocycles. The Morgan fingerprint density at radius 3 is 2.71 bits per heavy atom. The Kier molecular flexibility index (Phi) is 2.29. The minimum absolute atomic E-state index is 0.0881. The van der Waals surface area contributed by atoms with Gasteiger partial charge in [-0.15, -0.1) is 0 Å². The highest BCUT2D eigenvalue weighted by atomic mass is 35.5. The van der Waals surface area contributed by atoms with Crippen LogP contribution in [-0.2, 0) is 0 Å². The van der Waals surface area contributed by atoms with Gasteiger partial charge < -0.3 is 4.74 Å². The van der Waals surface area contributed by atoms with Crippen LogP contribution in [0.4, 0.5) is 5.69 Å². The first-order chi connectivity index (χ1) is 6.66. The molecule has 5 heteroatoms. The van der Waals surface area contributed by atoms with Crippen molar-refractivity contribution in [1.82, 2.24) is 0 Å². The van der Waals surface area contributed by atoms with E-state index in [4.69, 9.17) is 16.3 Å². The van der Waals surface area contributed by atoms with Crippen molar-refractivity contribution < 1.29 is 9.66 Å². The van der Waals surface area contributed by atoms with Crippen molar-refractivity contribution in [2.45, 2.75) is 18.9 Å². The van der Waals surface area contributed by atoms with Crippen molar-refractivity contribution in [1.29, 1.82) is 0 Å². The number of rotatable bonds is 3. The number of nitro groups is 1. The van der Waals surface area contributed by atoms with Crippen LogP contribution in [0.1, 0.15) is 12.8 Å². The second-order valence-corrected chi connectivity index (χ2v) is 3.59. The van der Waals surface area contributed by atoms with E-state index in [0.717, 1.165) is 12.8 Å². The second kappa shape index (κ2) is 3.46. The molecule has 1 aromatic carbocycles. The molecular weight excluding hydrogens is 206 g/mol. The van der Waals surface area contributed by atoms with Crippen LogP contribution in [0.3, 0.4) is 0 Å². The van der Waals surface area contributed by atoms with Gasteiger partial charge >= 0.3 is 0 Å². The van der Waals surface area contributed by atoms with Gasteiger partial charge in [0.1, 0.15) is 10.8 Å². The molecule has 1 aliphatic rings. The summed E-state index contributed by atoms with van der Waals surface area (Å²) in [5, 5.41) is 10.6. The first kappa shape index (κ1) is 9.27. The zero-order valence-corrected chi connectivity index (χ0v) is 8.03. The van der Waals surface area contributed by atoms with Gasteiger partial charge in [0.05, 0.1) is 11.0 Å². The molecule has 1 aliphatic carbocycles. The van der Waals surface area contributed by atoms with Crippen molar-refractivity contribution in [2.75, 3.05) is 0 Å². The SMILES string of the molecule is O=[N+]([O-])c1ccc(OC2CC2)cc1Cl. The third-order valence-electron chi connectivity index (χ3n) is 1.94. The normalized spacial score (nSPS) is 15.2. The minimum atomic E-state index is -0.511. The molecule has 0 radical (unpaired) electrons. The van der Waals surface area contributed by atoms with Gasteiger partial charge in [-0.1, -0.05) is 11.6 Å². The minimum Gasteiger partial charge on any atom is -0.490 e. The van der Waals surface area contributed by atoms with Crippen molar-refractivity contribution in [3.63, 3.8) is 0 Å². The van der Waals surface area contributed by atoms with Crippen molar-refractivity contribution in [3.05, 3.63) is 33.3 Å². The molecule has 2 rings (SSSR count). The monoisotopic (exact) mass is 213 g/mol. The van der Waals surface area contributed by atoms with Gasteiger partial charge in [-0.3, -0.25) is 10.1 Å². The van der Waals surface area contributed by atoms with E-state index in [1.165, 1.54) is 12.1 Å². The summed E-state index contributed by atoms with van der Waals surface area (Å²) in [4.78, 5) is 9.94. The Labute approximate surface area is 85.6 Å². The van der Waals surface area contributed by atoms with E-state index in [2.05, 4.69) is 0 Å². The molecule has 0 aliphatic heterocycles. The van der Waals surface area contributed by atoms with Crippen molar-refractivity contribution in [3.8, 4) is 5.75 Å². The van der Waals surface area contributed by atoms with Crippen LogP contribution in [0, 0.1) is 10.1 Å². The average Bonchev–Trinajstić information content (AvgIpc) is 2.87. The lowest BCUT2D eigenvalue weighted by Crippen LogP contribution is -1.96. The van der Waals surface area contributed by atoms with Gasteiger partial charge in [-0.2, -0.15) is 0 Å². The van der Waals surface area contributed by atoms with Crippen molar-refractivity contribution >= 4 is 17.3 Å². The fourth-order valence-corrected chi connectivity index (χ4v) is 1.33. The number of hydrogen-bond donors (Lipinski definition) is 0. The largest absolute Gasteiger partial charge is 0.490 e. The summed E-state index contributed by atoms with van der Waals surface area (Å²) in [6.07, 6.45) is 2.37. The van der Waals surface area contributed by atoms with Crippen LogP contribution in [-0.4, -0.2) is 11.0 Å². The molecule has 14 heavy (non-hydrogen) atoms. The standard InChI is InChI=1S/C9H8ClNO3/c10-8-5-7(14-6-1-2-6)3-4-9(8)11(12)13/h3-6H,1-2H2. The maximum atomic E-state index is 10.4. The Morgan fingerprint density at radius 2 is 2.21 bits per heavy atom. The van der Waals surface area contributed by atoms with E-state index >= 15 is 0 Å². The third-order valence-corrected chi connectivity index (χ3v) is 2.25. The Hall–Kier alpha value is -1.29. The van der Waals surface area contributed by atoms with E-state index in [0.29, 0.717) is 5.75 Å². The lowest BCUT2D eigenvalue weighted by molar-refractivity contribution is -0.384. The molecule has 0 saturated heterocycles. The first-order valence-corrected chi connectivity index (χ1v) is 4.65. The summed E-state index contributed by atoms with van der Waals surface area (Å²) >= 11 is 5.71. The Morgan fingerprint density at radius 1 is 1.50 bits per heavy atom. The van der Waals surface area contributed by atoms with Gasteiger partial charge in [0.15, 0.2) is 0 Å². The van der Waals surface area contributed by atoms with E-state index in [1.54, 1.807) is 6.07 Å². The van der Waals surface area contributed by atoms with Gasteiger partial charge in [-0.05, 0) is 18.9 Å². The molecule has 1 fully saturated rings. The molecule has 1 saturated carbocycles. The van der Waals surface area contributed by atoms with Gasteiger partial charge in [-0.25, -0.2) is 0 Å². The fraction of sp³-hybridized carbons (Fsp3) is 0.333. The molecular formula is C9H8ClNO3. The molecule has 74 valence electrons. The molecule has 0 amide bonds. The quantitative estimate of drug-likeness (QED) is 0.573. The van der Waals surface area contributed by atoms with E-state index in [-0.39, 0.29) is 16.8 Å². The maximum absolute atomic E-state index is 10.4. The van der Waals surface area contributed by atoms with Gasteiger partial charge in [0.2, 0.25) is 0 Å². The zero-order valence-electron chi connectivity index (χ0n) is 7.27. The van der Waals surface area contributed by atoms with Crippen LogP contribution in [0.25, 0.3) is 0 Å². The predicted molar refractivity (Wildman–Crippen MR) is 51.8 cm³/mol. The lowest BCUT2D eigenvalue weighted by Gasteiger charge is -2.03. The number of hydrogen-bond acceptors (Lipinski definition) is 3. The van der Waals surface area contributed by atoms with E-state index in [1.807, 2.05) is 0 Å². The van der Waals surface area contributed by atoms with Crippen LogP contribution < -0.4 is 4.74 Å². The number of halogens is 1. The molecule has 0 unspecified atom stereocenters. The number of nitrogens with zero attached hydrogens (tertiary/aromatic N) is 1. The number of ether oxygens (including phenoxy) is 1. The molecule has 0 bridgehead atoms. The molecule has 0 atom stereocenters. The van der Waals surface area contributed by atoms with Gasteiger partial charge in [0, 0.05) is 12.1 Å². The van der Waals surface area contributed by atoms with E-state index < -0.39 is 4.92 Å². The first-order valence-electron chi connectivity index (χ1n) is 4.27. The van der Waals surface area contributed by atoms with Crippen LogP contribution in [0.15, 0.2) is 18.2 Å². The van der Waals surface area contributed by atoms with Gasteiger partial charge in [0.25, 0.3) is 5.69 Å². The summed E-state index contributed by atoms with van der Waals surface area (Å²) in [7, 11) is 0. The molecule has 0 heterocycles. The second-order valence-electron chi connectivity index (χ2n) is 3.19. The molecule has 0 spiro atoms. The highest BCUT2D eigenvalue weighted by Gasteiger charge is 2.24. The van der Waals surface area contributed by atoms with E-state index in [9.17, 15) is 10.1 Å². The summed E-state index contributed by atoms with van der Waals surface area (Å²) in [5.41, 5.74) is -0.0881. The smallest absolute Gasteiger partial charge is 0.288 e. The number of benzene rings is 1.